The molecule has 0 saturated carbocycles. The number of nitrogens with zero attached hydrogens (tertiary/aromatic N) is 3. The van der Waals surface area contributed by atoms with Crippen LogP contribution >= 0.6 is 29.4 Å². The largest absolute Gasteiger partial charge is 0.264 e. The van der Waals surface area contributed by atoms with Gasteiger partial charge in [-0.05, 0) is 37.8 Å². The SMILES string of the molecule is S=P(CCSc1nc2ccccc2s1)(N1CCCCC1)N1CCCCC1. The van der Waals surface area contributed by atoms with E-state index in [2.05, 4.69) is 33.6 Å². The molecule has 0 radical (unpaired) electrons. The maximum Gasteiger partial charge on any atom is 0.151 e. The third kappa shape index (κ3) is 4.37. The van der Waals surface area contributed by atoms with Crippen LogP contribution in [0, 0.1) is 0 Å². The number of hydrogen-bond acceptors (Lipinski definition) is 4. The standard InChI is InChI=1S/C19H28N3PS3/c24-23(21-11-5-1-6-12-21,22-13-7-2-8-14-22)15-16-25-19-20-17-9-3-4-10-18(17)26-19/h3-4,9-10H,1-2,5-8,11-16H2. The van der Waals surface area contributed by atoms with Crippen molar-refractivity contribution in [2.24, 2.45) is 0 Å². The second-order valence-electron chi connectivity index (χ2n) is 7.21. The summed E-state index contributed by atoms with van der Waals surface area (Å²) in [7, 11) is 0. The zero-order chi connectivity index (χ0) is 17.8. The number of hydrogen-bond donors (Lipinski definition) is 0. The van der Waals surface area contributed by atoms with Crippen molar-refractivity contribution in [2.75, 3.05) is 38.1 Å². The van der Waals surface area contributed by atoms with E-state index in [9.17, 15) is 0 Å². The molecule has 3 heterocycles. The third-order valence-electron chi connectivity index (χ3n) is 5.43. The van der Waals surface area contributed by atoms with Crippen molar-refractivity contribution in [2.45, 2.75) is 42.9 Å². The molecule has 0 spiro atoms. The van der Waals surface area contributed by atoms with Gasteiger partial charge in [-0.15, -0.1) is 11.3 Å². The molecule has 0 amide bonds. The highest BCUT2D eigenvalue weighted by Crippen LogP contribution is 2.56. The van der Waals surface area contributed by atoms with Crippen molar-refractivity contribution in [1.82, 2.24) is 14.3 Å². The second-order valence-corrected chi connectivity index (χ2v) is 14.2. The lowest BCUT2D eigenvalue weighted by atomic mass is 10.2. The minimum absolute atomic E-state index is 1.10. The first kappa shape index (κ1) is 19.4. The number of thioether (sulfide) groups is 1. The lowest BCUT2D eigenvalue weighted by Crippen LogP contribution is -2.39. The summed E-state index contributed by atoms with van der Waals surface area (Å²) in [6.45, 7) is 4.89. The Morgan fingerprint density at radius 2 is 1.58 bits per heavy atom. The van der Waals surface area contributed by atoms with Crippen LogP contribution in [0.25, 0.3) is 10.2 Å². The molecule has 2 aliphatic rings. The van der Waals surface area contributed by atoms with Gasteiger partial charge < -0.3 is 0 Å². The summed E-state index contributed by atoms with van der Waals surface area (Å²) < 4.78 is 7.93. The molecule has 0 bridgehead atoms. The van der Waals surface area contributed by atoms with Gasteiger partial charge in [0.1, 0.15) is 0 Å². The fourth-order valence-electron chi connectivity index (χ4n) is 4.01. The zero-order valence-electron chi connectivity index (χ0n) is 15.3. The number of piperidine rings is 2. The minimum Gasteiger partial charge on any atom is -0.264 e. The lowest BCUT2D eigenvalue weighted by molar-refractivity contribution is 0.309. The van der Waals surface area contributed by atoms with Gasteiger partial charge in [-0.1, -0.05) is 48.5 Å². The third-order valence-corrected chi connectivity index (χ3v) is 13.2. The first-order chi connectivity index (χ1) is 12.8. The normalized spacial score (nSPS) is 20.6. The van der Waals surface area contributed by atoms with Gasteiger partial charge in [0, 0.05) is 38.1 Å². The van der Waals surface area contributed by atoms with Crippen molar-refractivity contribution < 1.29 is 0 Å². The van der Waals surface area contributed by atoms with Gasteiger partial charge in [0.15, 0.2) is 4.34 Å². The maximum absolute atomic E-state index is 6.45. The van der Waals surface area contributed by atoms with Gasteiger partial charge >= 0.3 is 0 Å². The molecule has 3 nitrogen and oxygen atoms in total. The smallest absolute Gasteiger partial charge is 0.151 e. The highest BCUT2D eigenvalue weighted by atomic mass is 32.4. The van der Waals surface area contributed by atoms with E-state index in [0.29, 0.717) is 0 Å². The number of benzene rings is 1. The van der Waals surface area contributed by atoms with Crippen molar-refractivity contribution in [3.8, 4) is 0 Å². The molecule has 7 heteroatoms. The molecule has 142 valence electrons. The topological polar surface area (TPSA) is 19.4 Å². The predicted molar refractivity (Wildman–Crippen MR) is 120 cm³/mol. The molecular weight excluding hydrogens is 397 g/mol. The lowest BCUT2D eigenvalue weighted by Gasteiger charge is -2.46. The molecule has 0 N–H and O–H groups in total. The van der Waals surface area contributed by atoms with Gasteiger partial charge in [-0.25, -0.2) is 4.98 Å². The minimum atomic E-state index is -1.59. The monoisotopic (exact) mass is 425 g/mol. The average Bonchev–Trinajstić information content (AvgIpc) is 3.12. The van der Waals surface area contributed by atoms with Gasteiger partial charge in [0.25, 0.3) is 0 Å². The molecule has 2 aromatic rings. The van der Waals surface area contributed by atoms with Gasteiger partial charge in [-0.2, -0.15) is 0 Å². The predicted octanol–water partition coefficient (Wildman–Crippen LogP) is 5.67. The number of thiazole rings is 1. The molecule has 1 aromatic carbocycles. The Bertz CT molecular complexity index is 711. The summed E-state index contributed by atoms with van der Waals surface area (Å²) >= 11 is 10.2. The van der Waals surface area contributed by atoms with E-state index in [-0.39, 0.29) is 0 Å². The van der Waals surface area contributed by atoms with Crippen LogP contribution in [0.3, 0.4) is 0 Å². The molecule has 0 unspecified atom stereocenters. The average molecular weight is 426 g/mol. The van der Waals surface area contributed by atoms with E-state index in [1.807, 2.05) is 23.1 Å². The second kappa shape index (κ2) is 9.02. The Morgan fingerprint density at radius 3 is 2.19 bits per heavy atom. The molecule has 2 saturated heterocycles. The summed E-state index contributed by atoms with van der Waals surface area (Å²) in [6, 6.07) is 8.45. The summed E-state index contributed by atoms with van der Waals surface area (Å²) in [6.07, 6.45) is 7.65. The Kier molecular flexibility index (Phi) is 6.71. The van der Waals surface area contributed by atoms with Gasteiger partial charge in [-0.3, -0.25) is 9.34 Å². The van der Waals surface area contributed by atoms with E-state index in [4.69, 9.17) is 16.8 Å². The Hall–Kier alpha value is 0.0300. The van der Waals surface area contributed by atoms with Crippen molar-refractivity contribution in [1.29, 1.82) is 0 Å². The maximum atomic E-state index is 6.45. The summed E-state index contributed by atoms with van der Waals surface area (Å²) in [5, 5.41) is 0. The van der Waals surface area contributed by atoms with E-state index in [1.165, 1.54) is 73.7 Å². The highest BCUT2D eigenvalue weighted by molar-refractivity contribution is 8.12. The van der Waals surface area contributed by atoms with Crippen molar-refractivity contribution >= 4 is 51.5 Å². The van der Waals surface area contributed by atoms with Crippen LogP contribution < -0.4 is 0 Å². The quantitative estimate of drug-likeness (QED) is 0.437. The van der Waals surface area contributed by atoms with Crippen LogP contribution in [0.15, 0.2) is 28.6 Å². The van der Waals surface area contributed by atoms with Crippen molar-refractivity contribution in [3.63, 3.8) is 0 Å². The number of rotatable bonds is 6. The number of fused-ring (bicyclic) bond motifs is 1. The molecule has 4 rings (SSSR count). The molecule has 2 aliphatic heterocycles. The van der Waals surface area contributed by atoms with Crippen LogP contribution in [-0.2, 0) is 11.8 Å². The van der Waals surface area contributed by atoms with E-state index < -0.39 is 6.34 Å². The van der Waals surface area contributed by atoms with Crippen molar-refractivity contribution in [3.05, 3.63) is 24.3 Å². The molecule has 2 fully saturated rings. The van der Waals surface area contributed by atoms with E-state index in [0.717, 1.165) is 17.4 Å². The Balaban J connectivity index is 1.44. The molecule has 26 heavy (non-hydrogen) atoms. The number of para-hydroxylation sites is 1. The van der Waals surface area contributed by atoms with Crippen LogP contribution in [0.2, 0.25) is 0 Å². The summed E-state index contributed by atoms with van der Waals surface area (Å²) in [4.78, 5) is 4.79. The van der Waals surface area contributed by atoms with E-state index >= 15 is 0 Å². The van der Waals surface area contributed by atoms with Crippen LogP contribution in [0.1, 0.15) is 38.5 Å². The first-order valence-corrected chi connectivity index (χ1v) is 14.5. The highest BCUT2D eigenvalue weighted by Gasteiger charge is 2.33. The molecule has 1 aromatic heterocycles. The Labute approximate surface area is 170 Å². The fraction of sp³-hybridized carbons (Fsp3) is 0.632. The Morgan fingerprint density at radius 1 is 0.962 bits per heavy atom. The molecular formula is C19H28N3PS3. The van der Waals surface area contributed by atoms with Crippen LogP contribution in [-0.4, -0.2) is 52.4 Å². The fourth-order valence-corrected chi connectivity index (χ4v) is 11.5. The zero-order valence-corrected chi connectivity index (χ0v) is 18.7. The summed E-state index contributed by atoms with van der Waals surface area (Å²) in [5.41, 5.74) is 1.13. The molecule has 0 atom stereocenters. The van der Waals surface area contributed by atoms with Gasteiger partial charge in [0.2, 0.25) is 0 Å². The summed E-state index contributed by atoms with van der Waals surface area (Å²) in [5.74, 6) is 1.10. The van der Waals surface area contributed by atoms with Crippen LogP contribution in [0.4, 0.5) is 0 Å². The first-order valence-electron chi connectivity index (χ1n) is 9.84. The van der Waals surface area contributed by atoms with Gasteiger partial charge in [0.05, 0.1) is 16.6 Å². The van der Waals surface area contributed by atoms with E-state index in [1.54, 1.807) is 0 Å². The molecule has 0 aliphatic carbocycles. The number of aromatic nitrogens is 1. The van der Waals surface area contributed by atoms with Crippen LogP contribution in [0.5, 0.6) is 0 Å².